The van der Waals surface area contributed by atoms with Crippen LogP contribution in [0, 0.1) is 0 Å². The van der Waals surface area contributed by atoms with E-state index in [2.05, 4.69) is 13.8 Å². The summed E-state index contributed by atoms with van der Waals surface area (Å²) < 4.78 is 22.5. The minimum Gasteiger partial charge on any atom is -0.494 e. The van der Waals surface area contributed by atoms with Crippen LogP contribution < -0.4 is 9.47 Å². The molecule has 56 heavy (non-hydrogen) atoms. The molecule has 6 nitrogen and oxygen atoms in total. The number of benzene rings is 2. The van der Waals surface area contributed by atoms with E-state index in [1.54, 1.807) is 26.0 Å². The van der Waals surface area contributed by atoms with E-state index in [0.717, 1.165) is 48.7 Å². The summed E-state index contributed by atoms with van der Waals surface area (Å²) in [6, 6.07) is 15.5. The Morgan fingerprint density at radius 1 is 0.393 bits per heavy atom. The van der Waals surface area contributed by atoms with Gasteiger partial charge in [-0.15, -0.1) is 0 Å². The summed E-state index contributed by atoms with van der Waals surface area (Å²) in [5.74, 6) is 0.786. The van der Waals surface area contributed by atoms with Gasteiger partial charge in [0.15, 0.2) is 0 Å². The van der Waals surface area contributed by atoms with Crippen LogP contribution in [0.5, 0.6) is 11.5 Å². The van der Waals surface area contributed by atoms with Gasteiger partial charge in [0, 0.05) is 11.1 Å². The maximum Gasteiger partial charge on any atom is 0.333 e. The standard InChI is InChI=1S/C50H78O6/c1-5-7-9-11-13-15-17-19-21-23-25-27-37-53-47-33-29-45(30-34-47)41-43(3)49(51)55-39-40-56-50(52)44(4)42-46-31-35-48(36-32-46)54-38-28-26-24-22-20-18-16-14-12-10-8-6-2/h29-36,41-42H,5-28,37-40H2,1-4H3/b43-41+,44-42+. The van der Waals surface area contributed by atoms with Gasteiger partial charge in [-0.1, -0.05) is 179 Å². The van der Waals surface area contributed by atoms with Gasteiger partial charge < -0.3 is 18.9 Å². The summed E-state index contributed by atoms with van der Waals surface area (Å²) in [4.78, 5) is 25.0. The van der Waals surface area contributed by atoms with Crippen molar-refractivity contribution in [3.05, 3.63) is 70.8 Å². The van der Waals surface area contributed by atoms with E-state index in [-0.39, 0.29) is 13.2 Å². The number of hydrogen-bond acceptors (Lipinski definition) is 6. The van der Waals surface area contributed by atoms with Crippen molar-refractivity contribution < 1.29 is 28.5 Å². The zero-order chi connectivity index (χ0) is 40.3. The van der Waals surface area contributed by atoms with Crippen LogP contribution in [0.1, 0.15) is 193 Å². The van der Waals surface area contributed by atoms with Crippen molar-refractivity contribution in [2.75, 3.05) is 26.4 Å². The second-order valence-electron chi connectivity index (χ2n) is 15.5. The molecule has 0 aliphatic heterocycles. The van der Waals surface area contributed by atoms with Gasteiger partial charge in [0.2, 0.25) is 0 Å². The predicted molar refractivity (Wildman–Crippen MR) is 235 cm³/mol. The van der Waals surface area contributed by atoms with Crippen LogP contribution in [-0.2, 0) is 19.1 Å². The quantitative estimate of drug-likeness (QED) is 0.0394. The third-order valence-electron chi connectivity index (χ3n) is 10.3. The lowest BCUT2D eigenvalue weighted by Gasteiger charge is -2.08. The molecular formula is C50H78O6. The fourth-order valence-corrected chi connectivity index (χ4v) is 6.70. The summed E-state index contributed by atoms with van der Waals surface area (Å²) in [6.07, 6.45) is 35.4. The number of esters is 2. The Kier molecular flexibility index (Phi) is 29.2. The minimum absolute atomic E-state index is 0.0137. The lowest BCUT2D eigenvalue weighted by molar-refractivity contribution is -0.147. The van der Waals surface area contributed by atoms with Gasteiger partial charge in [0.05, 0.1) is 13.2 Å². The molecule has 0 spiro atoms. The van der Waals surface area contributed by atoms with Crippen molar-refractivity contribution in [3.63, 3.8) is 0 Å². The third kappa shape index (κ3) is 25.6. The number of rotatable bonds is 35. The first-order chi connectivity index (χ1) is 27.4. The maximum atomic E-state index is 12.5. The number of carbonyl (C=O) groups excluding carboxylic acids is 2. The normalized spacial score (nSPS) is 11.8. The summed E-state index contributed by atoms with van der Waals surface area (Å²) in [5.41, 5.74) is 2.73. The van der Waals surface area contributed by atoms with E-state index in [0.29, 0.717) is 11.1 Å². The third-order valence-corrected chi connectivity index (χ3v) is 10.3. The van der Waals surface area contributed by atoms with Gasteiger partial charge in [-0.25, -0.2) is 9.59 Å². The Bertz CT molecular complexity index is 1220. The van der Waals surface area contributed by atoms with Crippen LogP contribution in [0.4, 0.5) is 0 Å². The SMILES string of the molecule is CCCCCCCCCCCCCCOc1ccc(/C=C(\C)C(=O)OCCOC(=O)/C(C)=C/c2ccc(OCCCCCCCCCCCCCC)cc2)cc1. The van der Waals surface area contributed by atoms with Gasteiger partial charge in [-0.2, -0.15) is 0 Å². The summed E-state index contributed by atoms with van der Waals surface area (Å²) in [6.45, 7) is 9.39. The second kappa shape index (κ2) is 33.6. The Morgan fingerprint density at radius 2 is 0.661 bits per heavy atom. The molecule has 0 saturated heterocycles. The molecule has 0 heterocycles. The van der Waals surface area contributed by atoms with E-state index in [1.165, 1.54) is 141 Å². The van der Waals surface area contributed by atoms with E-state index in [4.69, 9.17) is 18.9 Å². The molecule has 2 aromatic carbocycles. The van der Waals surface area contributed by atoms with Gasteiger partial charge >= 0.3 is 11.9 Å². The highest BCUT2D eigenvalue weighted by Gasteiger charge is 2.10. The van der Waals surface area contributed by atoms with Crippen molar-refractivity contribution in [1.29, 1.82) is 0 Å². The zero-order valence-corrected chi connectivity index (χ0v) is 36.0. The van der Waals surface area contributed by atoms with Crippen molar-refractivity contribution >= 4 is 24.1 Å². The van der Waals surface area contributed by atoms with Crippen molar-refractivity contribution in [3.8, 4) is 11.5 Å². The fourth-order valence-electron chi connectivity index (χ4n) is 6.70. The Morgan fingerprint density at radius 3 is 0.946 bits per heavy atom. The maximum absolute atomic E-state index is 12.5. The van der Waals surface area contributed by atoms with Crippen molar-refractivity contribution in [1.82, 2.24) is 0 Å². The Labute approximate surface area is 342 Å². The molecule has 0 N–H and O–H groups in total. The fraction of sp³-hybridized carbons (Fsp3) is 0.640. The predicted octanol–water partition coefficient (Wildman–Crippen LogP) is 14.4. The summed E-state index contributed by atoms with van der Waals surface area (Å²) in [5, 5.41) is 0. The van der Waals surface area contributed by atoms with Crippen LogP contribution in [0.2, 0.25) is 0 Å². The molecular weight excluding hydrogens is 697 g/mol. The molecule has 0 saturated carbocycles. The molecule has 0 amide bonds. The molecule has 0 bridgehead atoms. The number of ether oxygens (including phenoxy) is 4. The molecule has 0 atom stereocenters. The van der Waals surface area contributed by atoms with Crippen LogP contribution in [0.15, 0.2) is 59.7 Å². The molecule has 314 valence electrons. The van der Waals surface area contributed by atoms with Gasteiger partial charge in [0.1, 0.15) is 24.7 Å². The summed E-state index contributed by atoms with van der Waals surface area (Å²) in [7, 11) is 0. The van der Waals surface area contributed by atoms with Gasteiger partial charge in [0.25, 0.3) is 0 Å². The highest BCUT2D eigenvalue weighted by Crippen LogP contribution is 2.19. The van der Waals surface area contributed by atoms with E-state index in [9.17, 15) is 9.59 Å². The lowest BCUT2D eigenvalue weighted by atomic mass is 10.1. The van der Waals surface area contributed by atoms with Crippen LogP contribution in [0.25, 0.3) is 12.2 Å². The molecule has 0 aliphatic carbocycles. The average molecular weight is 775 g/mol. The van der Waals surface area contributed by atoms with E-state index < -0.39 is 11.9 Å². The molecule has 0 unspecified atom stereocenters. The van der Waals surface area contributed by atoms with Crippen LogP contribution >= 0.6 is 0 Å². The zero-order valence-electron chi connectivity index (χ0n) is 36.0. The summed E-state index contributed by atoms with van der Waals surface area (Å²) >= 11 is 0. The highest BCUT2D eigenvalue weighted by molar-refractivity contribution is 5.93. The number of unbranched alkanes of at least 4 members (excludes halogenated alkanes) is 22. The van der Waals surface area contributed by atoms with Crippen molar-refractivity contribution in [2.45, 2.75) is 182 Å². The monoisotopic (exact) mass is 775 g/mol. The van der Waals surface area contributed by atoms with Gasteiger partial charge in [-0.3, -0.25) is 0 Å². The lowest BCUT2D eigenvalue weighted by Crippen LogP contribution is -2.14. The average Bonchev–Trinajstić information content (AvgIpc) is 3.21. The Hall–Kier alpha value is -3.54. The Balaban J connectivity index is 1.52. The smallest absolute Gasteiger partial charge is 0.333 e. The molecule has 2 rings (SSSR count). The first kappa shape index (κ1) is 48.6. The van der Waals surface area contributed by atoms with Gasteiger partial charge in [-0.05, 0) is 74.2 Å². The van der Waals surface area contributed by atoms with E-state index in [1.807, 2.05) is 48.5 Å². The second-order valence-corrected chi connectivity index (χ2v) is 15.5. The topological polar surface area (TPSA) is 71.1 Å². The van der Waals surface area contributed by atoms with E-state index >= 15 is 0 Å². The number of hydrogen-bond donors (Lipinski definition) is 0. The largest absolute Gasteiger partial charge is 0.494 e. The van der Waals surface area contributed by atoms with Crippen LogP contribution in [0.3, 0.4) is 0 Å². The minimum atomic E-state index is -0.443. The van der Waals surface area contributed by atoms with Crippen LogP contribution in [-0.4, -0.2) is 38.4 Å². The first-order valence-corrected chi connectivity index (χ1v) is 22.6. The molecule has 0 aliphatic rings. The number of carbonyl (C=O) groups is 2. The molecule has 0 aromatic heterocycles. The highest BCUT2D eigenvalue weighted by atomic mass is 16.6. The molecule has 0 fully saturated rings. The molecule has 0 radical (unpaired) electrons. The first-order valence-electron chi connectivity index (χ1n) is 22.6. The molecule has 2 aromatic rings. The van der Waals surface area contributed by atoms with Crippen molar-refractivity contribution in [2.24, 2.45) is 0 Å². The molecule has 6 heteroatoms.